The molecule has 14 heavy (non-hydrogen) atoms. The van der Waals surface area contributed by atoms with Crippen LogP contribution in [0, 0.1) is 0 Å². The second-order valence-electron chi connectivity index (χ2n) is 3.22. The predicted octanol–water partition coefficient (Wildman–Crippen LogP) is 1.65. The lowest BCUT2D eigenvalue weighted by Crippen LogP contribution is -2.24. The Morgan fingerprint density at radius 2 is 2.36 bits per heavy atom. The van der Waals surface area contributed by atoms with Crippen LogP contribution in [0.5, 0.6) is 0 Å². The maximum Gasteiger partial charge on any atom is 0.0806 e. The Morgan fingerprint density at radius 1 is 1.57 bits per heavy atom. The lowest BCUT2D eigenvalue weighted by molar-refractivity contribution is 0.535. The molecule has 0 aromatic heterocycles. The quantitative estimate of drug-likeness (QED) is 0.771. The van der Waals surface area contributed by atoms with Crippen molar-refractivity contribution in [3.05, 3.63) is 28.2 Å². The van der Waals surface area contributed by atoms with E-state index in [1.165, 1.54) is 5.56 Å². The number of hydrogen-bond acceptors (Lipinski definition) is 3. The minimum Gasteiger partial charge on any atom is -0.771 e. The summed E-state index contributed by atoms with van der Waals surface area (Å²) in [5.74, 6) is 0.0919. The molecule has 76 valence electrons. The Morgan fingerprint density at radius 3 is 3.07 bits per heavy atom. The van der Waals surface area contributed by atoms with E-state index in [0.29, 0.717) is 0 Å². The lowest BCUT2D eigenvalue weighted by atomic mass is 10.2. The highest BCUT2D eigenvalue weighted by molar-refractivity contribution is 9.10. The Labute approximate surface area is 93.5 Å². The summed E-state index contributed by atoms with van der Waals surface area (Å²) in [4.78, 5) is 1.88. The molecule has 0 aliphatic carbocycles. The van der Waals surface area contributed by atoms with Crippen LogP contribution in [0.2, 0.25) is 0 Å². The molecule has 0 bridgehead atoms. The van der Waals surface area contributed by atoms with Gasteiger partial charge >= 0.3 is 0 Å². The van der Waals surface area contributed by atoms with Crippen LogP contribution in [0.1, 0.15) is 5.56 Å². The summed E-state index contributed by atoms with van der Waals surface area (Å²) in [6, 6.07) is 5.94. The maximum atomic E-state index is 10.6. The van der Waals surface area contributed by atoms with Crippen LogP contribution in [0.15, 0.2) is 22.7 Å². The zero-order chi connectivity index (χ0) is 10.1. The fourth-order valence-electron chi connectivity index (χ4n) is 1.70. The van der Waals surface area contributed by atoms with Crippen LogP contribution >= 0.6 is 15.9 Å². The molecule has 0 fully saturated rings. The number of anilines is 1. The van der Waals surface area contributed by atoms with E-state index in [1.54, 1.807) is 0 Å². The van der Waals surface area contributed by atoms with Crippen molar-refractivity contribution < 1.29 is 8.76 Å². The average Bonchev–Trinajstić information content (AvgIpc) is 2.47. The topological polar surface area (TPSA) is 43.4 Å². The van der Waals surface area contributed by atoms with Gasteiger partial charge in [-0.05, 0) is 41.3 Å². The monoisotopic (exact) mass is 274 g/mol. The summed E-state index contributed by atoms with van der Waals surface area (Å²) < 4.78 is 22.2. The van der Waals surface area contributed by atoms with Gasteiger partial charge in [0.05, 0.1) is 5.88 Å². The summed E-state index contributed by atoms with van der Waals surface area (Å²) in [7, 11) is 0. The maximum absolute atomic E-state index is 10.6. The number of rotatable bonds is 2. The smallest absolute Gasteiger partial charge is 0.0806 e. The molecule has 1 aliphatic heterocycles. The molecule has 0 N–H and O–H groups in total. The molecule has 0 spiro atoms. The molecule has 1 aliphatic rings. The Kier molecular flexibility index (Phi) is 2.90. The number of fused-ring (bicyclic) bond motifs is 1. The van der Waals surface area contributed by atoms with Gasteiger partial charge in [0.15, 0.2) is 0 Å². The Hall–Kier alpha value is -0.390. The minimum absolute atomic E-state index is 0.0919. The first kappa shape index (κ1) is 10.1. The number of halogens is 1. The molecule has 0 saturated heterocycles. The van der Waals surface area contributed by atoms with Crippen molar-refractivity contribution in [1.29, 1.82) is 0 Å². The zero-order valence-corrected chi connectivity index (χ0v) is 9.81. The van der Waals surface area contributed by atoms with E-state index in [1.807, 2.05) is 23.1 Å². The molecule has 5 heteroatoms. The summed E-state index contributed by atoms with van der Waals surface area (Å²) in [6.07, 6.45) is 0.923. The summed E-state index contributed by atoms with van der Waals surface area (Å²) in [6.45, 7) is 0.791. The van der Waals surface area contributed by atoms with Gasteiger partial charge in [0, 0.05) is 16.7 Å². The third-order valence-corrected chi connectivity index (χ3v) is 3.31. The molecule has 1 aromatic carbocycles. The van der Waals surface area contributed by atoms with Crippen molar-refractivity contribution in [3.8, 4) is 0 Å². The predicted molar refractivity (Wildman–Crippen MR) is 59.0 cm³/mol. The zero-order valence-electron chi connectivity index (χ0n) is 7.40. The van der Waals surface area contributed by atoms with Crippen molar-refractivity contribution in [2.75, 3.05) is 17.3 Å². The van der Waals surface area contributed by atoms with Crippen molar-refractivity contribution in [1.82, 2.24) is 0 Å². The summed E-state index contributed by atoms with van der Waals surface area (Å²) >= 11 is 1.39. The molecule has 1 heterocycles. The first-order valence-electron chi connectivity index (χ1n) is 4.26. The second kappa shape index (κ2) is 4.00. The van der Waals surface area contributed by atoms with Gasteiger partial charge in [0.2, 0.25) is 0 Å². The van der Waals surface area contributed by atoms with E-state index in [-0.39, 0.29) is 5.88 Å². The van der Waals surface area contributed by atoms with Crippen molar-refractivity contribution in [2.24, 2.45) is 0 Å². The average molecular weight is 275 g/mol. The van der Waals surface area contributed by atoms with Crippen molar-refractivity contribution >= 4 is 32.7 Å². The number of nitrogens with zero attached hydrogens (tertiary/aromatic N) is 1. The second-order valence-corrected chi connectivity index (χ2v) is 5.00. The number of benzene rings is 1. The Bertz CT molecular complexity index is 383. The highest BCUT2D eigenvalue weighted by Crippen LogP contribution is 2.30. The molecule has 1 aromatic rings. The normalized spacial score (nSPS) is 16.9. The summed E-state index contributed by atoms with van der Waals surface area (Å²) in [5.41, 5.74) is 2.25. The fourth-order valence-corrected chi connectivity index (χ4v) is 2.63. The van der Waals surface area contributed by atoms with Gasteiger partial charge in [-0.25, -0.2) is 0 Å². The van der Waals surface area contributed by atoms with Gasteiger partial charge in [-0.3, -0.25) is 4.21 Å². The van der Waals surface area contributed by atoms with Gasteiger partial charge in [-0.1, -0.05) is 15.9 Å². The van der Waals surface area contributed by atoms with Crippen LogP contribution < -0.4 is 4.90 Å². The number of hydrogen-bond donors (Lipinski definition) is 0. The largest absolute Gasteiger partial charge is 0.771 e. The SMILES string of the molecule is O=S([O-])CN1CCc2cc(Br)ccc21. The van der Waals surface area contributed by atoms with E-state index in [9.17, 15) is 8.76 Å². The van der Waals surface area contributed by atoms with Gasteiger partial charge in [-0.2, -0.15) is 0 Å². The molecule has 1 unspecified atom stereocenters. The molecule has 0 amide bonds. The third-order valence-electron chi connectivity index (χ3n) is 2.29. The van der Waals surface area contributed by atoms with Crippen LogP contribution in [-0.2, 0) is 17.5 Å². The van der Waals surface area contributed by atoms with Crippen LogP contribution in [0.4, 0.5) is 5.69 Å². The first-order chi connectivity index (χ1) is 6.66. The molecular weight excluding hydrogens is 266 g/mol. The molecule has 2 rings (SSSR count). The van der Waals surface area contributed by atoms with E-state index in [4.69, 9.17) is 0 Å². The molecular formula is C9H9BrNO2S-. The standard InChI is InChI=1S/C9H10BrNO2S/c10-8-1-2-9-7(5-8)3-4-11(9)6-14(12)13/h1-2,5H,3-4,6H2,(H,12,13)/p-1. The molecule has 3 nitrogen and oxygen atoms in total. The lowest BCUT2D eigenvalue weighted by Gasteiger charge is -2.20. The van der Waals surface area contributed by atoms with Gasteiger partial charge in [0.25, 0.3) is 0 Å². The van der Waals surface area contributed by atoms with Crippen LogP contribution in [-0.4, -0.2) is 21.2 Å². The van der Waals surface area contributed by atoms with Crippen molar-refractivity contribution in [2.45, 2.75) is 6.42 Å². The third kappa shape index (κ3) is 1.99. The highest BCUT2D eigenvalue weighted by atomic mass is 79.9. The van der Waals surface area contributed by atoms with Gasteiger partial charge < -0.3 is 9.45 Å². The molecule has 0 saturated carbocycles. The molecule has 0 radical (unpaired) electrons. The van der Waals surface area contributed by atoms with Gasteiger partial charge in [0.1, 0.15) is 0 Å². The van der Waals surface area contributed by atoms with E-state index in [0.717, 1.165) is 23.1 Å². The van der Waals surface area contributed by atoms with Crippen LogP contribution in [0.25, 0.3) is 0 Å². The van der Waals surface area contributed by atoms with Gasteiger partial charge in [-0.15, -0.1) is 0 Å². The Balaban J connectivity index is 2.26. The minimum atomic E-state index is -2.00. The van der Waals surface area contributed by atoms with Crippen LogP contribution in [0.3, 0.4) is 0 Å². The van der Waals surface area contributed by atoms with Crippen molar-refractivity contribution in [3.63, 3.8) is 0 Å². The molecule has 1 atom stereocenters. The van der Waals surface area contributed by atoms with E-state index < -0.39 is 11.1 Å². The first-order valence-corrected chi connectivity index (χ1v) is 6.30. The summed E-state index contributed by atoms with van der Waals surface area (Å²) in [5, 5.41) is 0. The fraction of sp³-hybridized carbons (Fsp3) is 0.333. The van der Waals surface area contributed by atoms with E-state index in [2.05, 4.69) is 15.9 Å². The van der Waals surface area contributed by atoms with E-state index >= 15 is 0 Å². The highest BCUT2D eigenvalue weighted by Gasteiger charge is 2.18.